The zero-order valence-corrected chi connectivity index (χ0v) is 9.42. The zero-order valence-electron chi connectivity index (χ0n) is 9.42. The second-order valence-corrected chi connectivity index (χ2v) is 4.21. The maximum absolute atomic E-state index is 11.3. The number of carboxylic acids is 1. The van der Waals surface area contributed by atoms with E-state index in [4.69, 9.17) is 0 Å². The monoisotopic (exact) mass is 225 g/mol. The second kappa shape index (κ2) is 3.73. The van der Waals surface area contributed by atoms with E-state index in [-0.39, 0.29) is 0 Å². The highest BCUT2D eigenvalue weighted by Crippen LogP contribution is 2.35. The standard InChI is InChI=1S/C9H15N5O2/c1-3-9(7(15)16)4-5-14(6-9)8-10-11-12-13(8)2/h3-6H2,1-2H3,(H,15,16). The number of aryl methyl sites for hydroxylation is 1. The van der Waals surface area contributed by atoms with Crippen LogP contribution in [0.2, 0.25) is 0 Å². The Bertz CT molecular complexity index is 404. The summed E-state index contributed by atoms with van der Waals surface area (Å²) in [4.78, 5) is 13.2. The molecule has 88 valence electrons. The number of anilines is 1. The van der Waals surface area contributed by atoms with Gasteiger partial charge in [0.25, 0.3) is 0 Å². The van der Waals surface area contributed by atoms with Crippen molar-refractivity contribution >= 4 is 11.9 Å². The minimum atomic E-state index is -0.729. The van der Waals surface area contributed by atoms with Gasteiger partial charge in [0.1, 0.15) is 0 Å². The van der Waals surface area contributed by atoms with Crippen LogP contribution >= 0.6 is 0 Å². The van der Waals surface area contributed by atoms with E-state index in [0.29, 0.717) is 31.9 Å². The fourth-order valence-electron chi connectivity index (χ4n) is 2.15. The Balaban J connectivity index is 2.20. The van der Waals surface area contributed by atoms with Crippen molar-refractivity contribution in [3.8, 4) is 0 Å². The van der Waals surface area contributed by atoms with E-state index in [2.05, 4.69) is 15.5 Å². The normalized spacial score (nSPS) is 25.0. The number of nitrogens with zero attached hydrogens (tertiary/aromatic N) is 5. The van der Waals surface area contributed by atoms with Gasteiger partial charge in [-0.1, -0.05) is 12.0 Å². The predicted octanol–water partition coefficient (Wildman–Crippen LogP) is -0.0988. The van der Waals surface area contributed by atoms with Crippen LogP contribution in [0.25, 0.3) is 0 Å². The lowest BCUT2D eigenvalue weighted by atomic mass is 9.84. The molecule has 0 bridgehead atoms. The zero-order chi connectivity index (χ0) is 11.8. The maximum atomic E-state index is 11.3. The van der Waals surface area contributed by atoms with E-state index in [1.54, 1.807) is 11.7 Å². The number of carbonyl (C=O) groups is 1. The van der Waals surface area contributed by atoms with Crippen molar-refractivity contribution in [1.82, 2.24) is 20.2 Å². The molecule has 2 heterocycles. The quantitative estimate of drug-likeness (QED) is 0.773. The molecule has 1 N–H and O–H groups in total. The minimum Gasteiger partial charge on any atom is -0.481 e. The highest BCUT2D eigenvalue weighted by Gasteiger charge is 2.44. The van der Waals surface area contributed by atoms with Crippen molar-refractivity contribution in [3.63, 3.8) is 0 Å². The smallest absolute Gasteiger partial charge is 0.311 e. The molecule has 1 aliphatic rings. The van der Waals surface area contributed by atoms with Gasteiger partial charge in [0.05, 0.1) is 5.41 Å². The number of aliphatic carboxylic acids is 1. The molecule has 1 aromatic rings. The molecule has 0 aromatic carbocycles. The molecule has 7 nitrogen and oxygen atoms in total. The van der Waals surface area contributed by atoms with Crippen LogP contribution in [0, 0.1) is 5.41 Å². The molecule has 1 fully saturated rings. The van der Waals surface area contributed by atoms with Gasteiger partial charge >= 0.3 is 5.97 Å². The van der Waals surface area contributed by atoms with Crippen molar-refractivity contribution in [1.29, 1.82) is 0 Å². The van der Waals surface area contributed by atoms with Gasteiger partial charge in [-0.15, -0.1) is 0 Å². The fraction of sp³-hybridized carbons (Fsp3) is 0.778. The number of tetrazole rings is 1. The maximum Gasteiger partial charge on any atom is 0.311 e. The average molecular weight is 225 g/mol. The molecule has 0 amide bonds. The van der Waals surface area contributed by atoms with Crippen LogP contribution in [0.3, 0.4) is 0 Å². The van der Waals surface area contributed by atoms with Gasteiger partial charge in [-0.3, -0.25) is 4.79 Å². The Kier molecular flexibility index (Phi) is 2.53. The summed E-state index contributed by atoms with van der Waals surface area (Å²) in [7, 11) is 1.75. The van der Waals surface area contributed by atoms with Gasteiger partial charge in [-0.25, -0.2) is 4.68 Å². The first-order chi connectivity index (χ1) is 7.59. The average Bonchev–Trinajstić information content (AvgIpc) is 2.84. The SMILES string of the molecule is CCC1(C(=O)O)CCN(c2nnnn2C)C1. The van der Waals surface area contributed by atoms with E-state index < -0.39 is 11.4 Å². The molecule has 0 saturated carbocycles. The largest absolute Gasteiger partial charge is 0.481 e. The summed E-state index contributed by atoms with van der Waals surface area (Å²) in [5.41, 5.74) is -0.647. The molecule has 0 spiro atoms. The highest BCUT2D eigenvalue weighted by molar-refractivity contribution is 5.76. The van der Waals surface area contributed by atoms with Crippen LogP contribution < -0.4 is 4.90 Å². The number of aromatic nitrogens is 4. The van der Waals surface area contributed by atoms with Crippen molar-refractivity contribution in [3.05, 3.63) is 0 Å². The molecule has 1 aliphatic heterocycles. The van der Waals surface area contributed by atoms with Gasteiger partial charge in [0.15, 0.2) is 0 Å². The Hall–Kier alpha value is -1.66. The molecule has 1 aromatic heterocycles. The van der Waals surface area contributed by atoms with Crippen LogP contribution in [-0.2, 0) is 11.8 Å². The van der Waals surface area contributed by atoms with Crippen molar-refractivity contribution < 1.29 is 9.90 Å². The first-order valence-electron chi connectivity index (χ1n) is 5.30. The van der Waals surface area contributed by atoms with E-state index in [1.807, 2.05) is 11.8 Å². The van der Waals surface area contributed by atoms with Crippen LogP contribution in [0.4, 0.5) is 5.95 Å². The van der Waals surface area contributed by atoms with Crippen molar-refractivity contribution in [2.24, 2.45) is 12.5 Å². The van der Waals surface area contributed by atoms with E-state index in [9.17, 15) is 9.90 Å². The Morgan fingerprint density at radius 2 is 2.38 bits per heavy atom. The summed E-state index contributed by atoms with van der Waals surface area (Å²) in [6.45, 7) is 3.08. The lowest BCUT2D eigenvalue weighted by molar-refractivity contribution is -0.147. The Morgan fingerprint density at radius 3 is 2.81 bits per heavy atom. The molecule has 1 unspecified atom stereocenters. The van der Waals surface area contributed by atoms with Crippen molar-refractivity contribution in [2.45, 2.75) is 19.8 Å². The van der Waals surface area contributed by atoms with E-state index in [0.717, 1.165) is 0 Å². The molecular weight excluding hydrogens is 210 g/mol. The predicted molar refractivity (Wildman–Crippen MR) is 56.0 cm³/mol. The van der Waals surface area contributed by atoms with Gasteiger partial charge < -0.3 is 10.0 Å². The van der Waals surface area contributed by atoms with Gasteiger partial charge in [-0.2, -0.15) is 0 Å². The summed E-state index contributed by atoms with van der Waals surface area (Å²) in [5, 5.41) is 20.5. The van der Waals surface area contributed by atoms with Gasteiger partial charge in [-0.05, 0) is 23.3 Å². The summed E-state index contributed by atoms with van der Waals surface area (Å²) < 4.78 is 1.56. The van der Waals surface area contributed by atoms with E-state index in [1.165, 1.54) is 0 Å². The highest BCUT2D eigenvalue weighted by atomic mass is 16.4. The lowest BCUT2D eigenvalue weighted by Gasteiger charge is -2.22. The van der Waals surface area contributed by atoms with Crippen LogP contribution in [0.1, 0.15) is 19.8 Å². The minimum absolute atomic E-state index is 0.479. The Morgan fingerprint density at radius 1 is 1.62 bits per heavy atom. The Labute approximate surface area is 93.0 Å². The summed E-state index contributed by atoms with van der Waals surface area (Å²) in [6.07, 6.45) is 1.27. The first-order valence-corrected chi connectivity index (χ1v) is 5.30. The summed E-state index contributed by atoms with van der Waals surface area (Å²) >= 11 is 0. The molecule has 2 rings (SSSR count). The third kappa shape index (κ3) is 1.52. The molecular formula is C9H15N5O2. The fourth-order valence-corrected chi connectivity index (χ4v) is 2.15. The second-order valence-electron chi connectivity index (χ2n) is 4.21. The summed E-state index contributed by atoms with van der Waals surface area (Å²) in [6, 6.07) is 0. The molecule has 0 aliphatic carbocycles. The van der Waals surface area contributed by atoms with Gasteiger partial charge in [0, 0.05) is 20.1 Å². The molecule has 16 heavy (non-hydrogen) atoms. The van der Waals surface area contributed by atoms with Crippen LogP contribution in [0.5, 0.6) is 0 Å². The lowest BCUT2D eigenvalue weighted by Crippen LogP contribution is -2.34. The third-order valence-corrected chi connectivity index (χ3v) is 3.36. The number of carboxylic acid groups (broad SMARTS) is 1. The van der Waals surface area contributed by atoms with Crippen LogP contribution in [-0.4, -0.2) is 44.4 Å². The molecule has 0 radical (unpaired) electrons. The van der Waals surface area contributed by atoms with Crippen molar-refractivity contribution in [2.75, 3.05) is 18.0 Å². The molecule has 1 atom stereocenters. The van der Waals surface area contributed by atoms with Gasteiger partial charge in [0.2, 0.25) is 5.95 Å². The molecule has 1 saturated heterocycles. The topological polar surface area (TPSA) is 84.1 Å². The van der Waals surface area contributed by atoms with E-state index >= 15 is 0 Å². The number of rotatable bonds is 3. The summed E-state index contributed by atoms with van der Waals surface area (Å²) in [5.74, 6) is -0.0933. The number of hydrogen-bond donors (Lipinski definition) is 1. The number of hydrogen-bond acceptors (Lipinski definition) is 5. The van der Waals surface area contributed by atoms with Crippen LogP contribution in [0.15, 0.2) is 0 Å². The first kappa shape index (κ1) is 10.8. The molecule has 7 heteroatoms. The third-order valence-electron chi connectivity index (χ3n) is 3.36.